The second-order valence-corrected chi connectivity index (χ2v) is 4.89. The number of hydrogen-bond donors (Lipinski definition) is 1. The SMILES string of the molecule is OC(CCCc1ccccc1)c1cccs1. The Kier molecular flexibility index (Phi) is 4.14. The highest BCUT2D eigenvalue weighted by Gasteiger charge is 2.07. The van der Waals surface area contributed by atoms with Gasteiger partial charge in [0.05, 0.1) is 6.10 Å². The highest BCUT2D eigenvalue weighted by atomic mass is 32.1. The van der Waals surface area contributed by atoms with Crippen LogP contribution in [-0.4, -0.2) is 5.11 Å². The zero-order valence-electron chi connectivity index (χ0n) is 9.17. The molecule has 0 saturated carbocycles. The van der Waals surface area contributed by atoms with E-state index in [0.717, 1.165) is 24.1 Å². The first-order valence-corrected chi connectivity index (χ1v) is 6.49. The van der Waals surface area contributed by atoms with Crippen molar-refractivity contribution in [3.63, 3.8) is 0 Å². The summed E-state index contributed by atoms with van der Waals surface area (Å²) in [5.41, 5.74) is 1.35. The molecule has 0 aliphatic rings. The summed E-state index contributed by atoms with van der Waals surface area (Å²) in [6, 6.07) is 14.4. The maximum Gasteiger partial charge on any atom is 0.0882 e. The summed E-state index contributed by atoms with van der Waals surface area (Å²) in [4.78, 5) is 1.08. The lowest BCUT2D eigenvalue weighted by molar-refractivity contribution is 0.168. The van der Waals surface area contributed by atoms with E-state index in [4.69, 9.17) is 0 Å². The van der Waals surface area contributed by atoms with Crippen LogP contribution in [0.15, 0.2) is 47.8 Å². The van der Waals surface area contributed by atoms with E-state index in [9.17, 15) is 5.11 Å². The van der Waals surface area contributed by atoms with Gasteiger partial charge in [-0.2, -0.15) is 0 Å². The Bertz CT molecular complexity index is 394. The Labute approximate surface area is 100 Å². The van der Waals surface area contributed by atoms with Gasteiger partial charge in [-0.15, -0.1) is 11.3 Å². The maximum atomic E-state index is 9.90. The van der Waals surface area contributed by atoms with E-state index in [2.05, 4.69) is 24.3 Å². The standard InChI is InChI=1S/C14H16OS/c15-13(14-10-5-11-16-14)9-4-8-12-6-2-1-3-7-12/h1-3,5-7,10-11,13,15H,4,8-9H2. The summed E-state index contributed by atoms with van der Waals surface area (Å²) >= 11 is 1.63. The van der Waals surface area contributed by atoms with Crippen LogP contribution < -0.4 is 0 Å². The van der Waals surface area contributed by atoms with Crippen LogP contribution in [0.1, 0.15) is 29.4 Å². The van der Waals surface area contributed by atoms with Crippen LogP contribution in [-0.2, 0) is 6.42 Å². The minimum absolute atomic E-state index is 0.288. The number of aliphatic hydroxyl groups excluding tert-OH is 1. The number of hydrogen-bond acceptors (Lipinski definition) is 2. The molecule has 1 N–H and O–H groups in total. The van der Waals surface area contributed by atoms with E-state index in [0.29, 0.717) is 0 Å². The molecule has 2 heteroatoms. The van der Waals surface area contributed by atoms with Crippen molar-refractivity contribution >= 4 is 11.3 Å². The molecule has 1 aromatic carbocycles. The molecule has 2 rings (SSSR count). The molecule has 0 spiro atoms. The molecular formula is C14H16OS. The Morgan fingerprint density at radius 1 is 1.06 bits per heavy atom. The summed E-state index contributed by atoms with van der Waals surface area (Å²) in [7, 11) is 0. The van der Waals surface area contributed by atoms with Crippen LogP contribution in [0.5, 0.6) is 0 Å². The highest BCUT2D eigenvalue weighted by Crippen LogP contribution is 2.23. The normalized spacial score (nSPS) is 12.6. The molecule has 0 amide bonds. The van der Waals surface area contributed by atoms with Gasteiger partial charge < -0.3 is 5.11 Å². The number of rotatable bonds is 5. The molecule has 1 heterocycles. The van der Waals surface area contributed by atoms with E-state index in [1.807, 2.05) is 23.6 Å². The molecule has 2 aromatic rings. The van der Waals surface area contributed by atoms with Crippen molar-refractivity contribution in [1.82, 2.24) is 0 Å². The lowest BCUT2D eigenvalue weighted by atomic mass is 10.1. The predicted octanol–water partition coefficient (Wildman–Crippen LogP) is 3.80. The molecule has 0 aliphatic heterocycles. The lowest BCUT2D eigenvalue weighted by Gasteiger charge is -2.07. The fourth-order valence-corrected chi connectivity index (χ4v) is 2.51. The Hall–Kier alpha value is -1.12. The van der Waals surface area contributed by atoms with Crippen molar-refractivity contribution < 1.29 is 5.11 Å². The van der Waals surface area contributed by atoms with Gasteiger partial charge in [0, 0.05) is 4.88 Å². The Morgan fingerprint density at radius 3 is 2.56 bits per heavy atom. The molecule has 0 radical (unpaired) electrons. The fraction of sp³-hybridized carbons (Fsp3) is 0.286. The van der Waals surface area contributed by atoms with Gasteiger partial charge in [-0.05, 0) is 36.3 Å². The fourth-order valence-electron chi connectivity index (χ4n) is 1.77. The van der Waals surface area contributed by atoms with Gasteiger partial charge in [-0.25, -0.2) is 0 Å². The number of thiophene rings is 1. The molecule has 0 bridgehead atoms. The maximum absolute atomic E-state index is 9.90. The van der Waals surface area contributed by atoms with Crippen molar-refractivity contribution in [2.24, 2.45) is 0 Å². The first-order valence-electron chi connectivity index (χ1n) is 5.61. The van der Waals surface area contributed by atoms with Crippen LogP contribution >= 0.6 is 11.3 Å². The topological polar surface area (TPSA) is 20.2 Å². The van der Waals surface area contributed by atoms with E-state index < -0.39 is 0 Å². The van der Waals surface area contributed by atoms with Crippen LogP contribution in [0.4, 0.5) is 0 Å². The van der Waals surface area contributed by atoms with E-state index in [1.54, 1.807) is 11.3 Å². The summed E-state index contributed by atoms with van der Waals surface area (Å²) < 4.78 is 0. The molecule has 1 nitrogen and oxygen atoms in total. The van der Waals surface area contributed by atoms with Crippen LogP contribution in [0.25, 0.3) is 0 Å². The largest absolute Gasteiger partial charge is 0.388 e. The highest BCUT2D eigenvalue weighted by molar-refractivity contribution is 7.10. The van der Waals surface area contributed by atoms with Crippen molar-refractivity contribution in [3.05, 3.63) is 58.3 Å². The molecular weight excluding hydrogens is 216 g/mol. The molecule has 0 fully saturated rings. The van der Waals surface area contributed by atoms with Gasteiger partial charge in [-0.1, -0.05) is 36.4 Å². The molecule has 1 aromatic heterocycles. The third kappa shape index (κ3) is 3.19. The summed E-state index contributed by atoms with van der Waals surface area (Å²) in [6.07, 6.45) is 2.63. The lowest BCUT2D eigenvalue weighted by Crippen LogP contribution is -1.95. The smallest absolute Gasteiger partial charge is 0.0882 e. The summed E-state index contributed by atoms with van der Waals surface area (Å²) in [6.45, 7) is 0. The van der Waals surface area contributed by atoms with Gasteiger partial charge in [-0.3, -0.25) is 0 Å². The number of aliphatic hydroxyl groups is 1. The molecule has 16 heavy (non-hydrogen) atoms. The molecule has 84 valence electrons. The third-order valence-electron chi connectivity index (χ3n) is 2.66. The van der Waals surface area contributed by atoms with Crippen molar-refractivity contribution in [1.29, 1.82) is 0 Å². The Balaban J connectivity index is 1.76. The van der Waals surface area contributed by atoms with E-state index >= 15 is 0 Å². The van der Waals surface area contributed by atoms with Gasteiger partial charge >= 0.3 is 0 Å². The second kappa shape index (κ2) is 5.83. The van der Waals surface area contributed by atoms with Crippen molar-refractivity contribution in [3.8, 4) is 0 Å². The van der Waals surface area contributed by atoms with Crippen molar-refractivity contribution in [2.75, 3.05) is 0 Å². The first kappa shape index (κ1) is 11.4. The Morgan fingerprint density at radius 2 is 1.88 bits per heavy atom. The molecule has 0 saturated heterocycles. The van der Waals surface area contributed by atoms with Gasteiger partial charge in [0.1, 0.15) is 0 Å². The van der Waals surface area contributed by atoms with E-state index in [-0.39, 0.29) is 6.10 Å². The monoisotopic (exact) mass is 232 g/mol. The minimum atomic E-state index is -0.288. The second-order valence-electron chi connectivity index (χ2n) is 3.91. The van der Waals surface area contributed by atoms with Gasteiger partial charge in [0.25, 0.3) is 0 Å². The van der Waals surface area contributed by atoms with Gasteiger partial charge in [0.2, 0.25) is 0 Å². The number of aryl methyl sites for hydroxylation is 1. The van der Waals surface area contributed by atoms with Crippen molar-refractivity contribution in [2.45, 2.75) is 25.4 Å². The average molecular weight is 232 g/mol. The minimum Gasteiger partial charge on any atom is -0.388 e. The van der Waals surface area contributed by atoms with Gasteiger partial charge in [0.15, 0.2) is 0 Å². The molecule has 1 unspecified atom stereocenters. The average Bonchev–Trinajstić information content (AvgIpc) is 2.84. The summed E-state index contributed by atoms with van der Waals surface area (Å²) in [5.74, 6) is 0. The first-order chi connectivity index (χ1) is 7.86. The third-order valence-corrected chi connectivity index (χ3v) is 3.63. The predicted molar refractivity (Wildman–Crippen MR) is 68.7 cm³/mol. The zero-order valence-corrected chi connectivity index (χ0v) is 9.99. The quantitative estimate of drug-likeness (QED) is 0.831. The molecule has 0 aliphatic carbocycles. The summed E-state index contributed by atoms with van der Waals surface area (Å²) in [5, 5.41) is 11.9. The number of benzene rings is 1. The molecule has 1 atom stereocenters. The van der Waals surface area contributed by atoms with Crippen LogP contribution in [0.2, 0.25) is 0 Å². The van der Waals surface area contributed by atoms with Crippen LogP contribution in [0.3, 0.4) is 0 Å². The zero-order chi connectivity index (χ0) is 11.2. The van der Waals surface area contributed by atoms with E-state index in [1.165, 1.54) is 5.56 Å². The van der Waals surface area contributed by atoms with Crippen LogP contribution in [0, 0.1) is 0 Å².